The third-order valence-corrected chi connectivity index (χ3v) is 5.24. The van der Waals surface area contributed by atoms with Gasteiger partial charge in [-0.25, -0.2) is 0 Å². The van der Waals surface area contributed by atoms with E-state index in [1.165, 1.54) is 9.80 Å². The highest BCUT2D eigenvalue weighted by molar-refractivity contribution is 6.15. The van der Waals surface area contributed by atoms with Gasteiger partial charge in [-0.2, -0.15) is 0 Å². The number of amides is 1. The predicted molar refractivity (Wildman–Crippen MR) is 111 cm³/mol. The molecule has 4 rings (SSSR count). The Hall–Kier alpha value is -3.45. The van der Waals surface area contributed by atoms with Crippen LogP contribution < -0.4 is 4.90 Å². The molecule has 0 bridgehead atoms. The Balaban J connectivity index is 1.73. The van der Waals surface area contributed by atoms with Crippen molar-refractivity contribution in [3.05, 3.63) is 77.5 Å². The topological polar surface area (TPSA) is 88.1 Å². The van der Waals surface area contributed by atoms with Gasteiger partial charge in [0.1, 0.15) is 11.6 Å². The van der Waals surface area contributed by atoms with Gasteiger partial charge < -0.3 is 19.3 Å². The number of rotatable bonds is 7. The molecular formula is C23H24N3O4+. The van der Waals surface area contributed by atoms with Gasteiger partial charge in [-0.1, -0.05) is 24.3 Å². The number of nitrogens with one attached hydrogen (secondary N) is 1. The van der Waals surface area contributed by atoms with Gasteiger partial charge in [0.05, 0.1) is 31.9 Å². The quantitative estimate of drug-likeness (QED) is 0.586. The lowest BCUT2D eigenvalue weighted by Gasteiger charge is -2.26. The van der Waals surface area contributed by atoms with Crippen LogP contribution in [0.15, 0.2) is 70.5 Å². The number of aliphatic hydroxyl groups excluding tert-OH is 1. The maximum Gasteiger partial charge on any atom is 0.290 e. The van der Waals surface area contributed by atoms with Gasteiger partial charge in [0.25, 0.3) is 5.91 Å². The van der Waals surface area contributed by atoms with Crippen molar-refractivity contribution in [2.45, 2.75) is 12.5 Å². The SMILES string of the molecule is C[NH+](C)CCCN1C(=O)C(O)=C(C(=O)c2cc3ccccc3o2)[C@H]1c1ccccn1. The normalized spacial score (nSPS) is 16.8. The minimum absolute atomic E-state index is 0.00922. The second-order valence-electron chi connectivity index (χ2n) is 7.71. The maximum absolute atomic E-state index is 13.4. The Morgan fingerprint density at radius 3 is 2.67 bits per heavy atom. The van der Waals surface area contributed by atoms with Crippen LogP contribution in [-0.2, 0) is 4.79 Å². The molecule has 7 nitrogen and oxygen atoms in total. The molecule has 30 heavy (non-hydrogen) atoms. The highest BCUT2D eigenvalue weighted by Crippen LogP contribution is 2.38. The standard InChI is InChI=1S/C23H23N3O4/c1-25(2)12-7-13-26-20(16-9-5-6-11-24-16)19(22(28)23(26)29)21(27)18-14-15-8-3-4-10-17(15)30-18/h3-6,8-11,14,20,28H,7,12-13H2,1-2H3/p+1/t20-/m1/s1. The van der Waals surface area contributed by atoms with Crippen molar-refractivity contribution in [2.24, 2.45) is 0 Å². The number of pyridine rings is 1. The van der Waals surface area contributed by atoms with E-state index < -0.39 is 23.5 Å². The molecule has 2 N–H and O–H groups in total. The van der Waals surface area contributed by atoms with Crippen molar-refractivity contribution in [3.8, 4) is 0 Å². The zero-order valence-corrected chi connectivity index (χ0v) is 17.0. The van der Waals surface area contributed by atoms with Gasteiger partial charge in [-0.05, 0) is 24.3 Å². The summed E-state index contributed by atoms with van der Waals surface area (Å²) in [6, 6.07) is 13.5. The summed E-state index contributed by atoms with van der Waals surface area (Å²) in [5.41, 5.74) is 1.12. The molecule has 7 heteroatoms. The van der Waals surface area contributed by atoms with Crippen LogP contribution in [0.3, 0.4) is 0 Å². The number of nitrogens with zero attached hydrogens (tertiary/aromatic N) is 2. The Labute approximate surface area is 174 Å². The largest absolute Gasteiger partial charge is 0.503 e. The molecule has 0 fully saturated rings. The first kappa shape index (κ1) is 19.8. The molecule has 0 radical (unpaired) electrons. The number of hydrogen-bond donors (Lipinski definition) is 2. The zero-order chi connectivity index (χ0) is 21.3. The summed E-state index contributed by atoms with van der Waals surface area (Å²) in [6.45, 7) is 1.26. The second-order valence-corrected chi connectivity index (χ2v) is 7.71. The number of fused-ring (bicyclic) bond motifs is 1. The molecule has 0 saturated carbocycles. The molecule has 0 unspecified atom stereocenters. The van der Waals surface area contributed by atoms with E-state index in [0.29, 0.717) is 17.8 Å². The summed E-state index contributed by atoms with van der Waals surface area (Å²) in [6.07, 6.45) is 2.34. The fourth-order valence-electron chi connectivity index (χ4n) is 3.79. The van der Waals surface area contributed by atoms with Crippen LogP contribution >= 0.6 is 0 Å². The van der Waals surface area contributed by atoms with Crippen LogP contribution in [0, 0.1) is 0 Å². The average molecular weight is 406 g/mol. The van der Waals surface area contributed by atoms with E-state index >= 15 is 0 Å². The summed E-state index contributed by atoms with van der Waals surface area (Å²) in [4.78, 5) is 33.4. The Morgan fingerprint density at radius 1 is 1.20 bits per heavy atom. The fraction of sp³-hybridized carbons (Fsp3) is 0.261. The molecule has 1 aliphatic rings. The summed E-state index contributed by atoms with van der Waals surface area (Å²) in [5.74, 6) is -1.51. The molecule has 1 amide bonds. The van der Waals surface area contributed by atoms with E-state index in [4.69, 9.17) is 4.42 Å². The van der Waals surface area contributed by atoms with E-state index in [1.54, 1.807) is 36.5 Å². The van der Waals surface area contributed by atoms with Crippen LogP contribution in [-0.4, -0.2) is 53.9 Å². The molecule has 2 aromatic heterocycles. The van der Waals surface area contributed by atoms with Gasteiger partial charge in [0, 0.05) is 24.5 Å². The van der Waals surface area contributed by atoms with Gasteiger partial charge in [0.15, 0.2) is 11.5 Å². The number of quaternary nitrogens is 1. The van der Waals surface area contributed by atoms with Gasteiger partial charge >= 0.3 is 0 Å². The third-order valence-electron chi connectivity index (χ3n) is 5.24. The van der Waals surface area contributed by atoms with Crippen LogP contribution in [0.5, 0.6) is 0 Å². The van der Waals surface area contributed by atoms with Crippen LogP contribution in [0.1, 0.15) is 28.7 Å². The van der Waals surface area contributed by atoms with E-state index in [0.717, 1.165) is 18.4 Å². The Bertz CT molecular complexity index is 1080. The van der Waals surface area contributed by atoms with E-state index in [1.807, 2.05) is 32.3 Å². The van der Waals surface area contributed by atoms with Gasteiger partial charge in [0.2, 0.25) is 5.78 Å². The van der Waals surface area contributed by atoms with Gasteiger partial charge in [-0.3, -0.25) is 14.6 Å². The molecular weight excluding hydrogens is 382 g/mol. The van der Waals surface area contributed by atoms with E-state index in [2.05, 4.69) is 4.98 Å². The monoisotopic (exact) mass is 406 g/mol. The van der Waals surface area contributed by atoms with Crippen molar-refractivity contribution in [3.63, 3.8) is 0 Å². The lowest BCUT2D eigenvalue weighted by atomic mass is 9.98. The van der Waals surface area contributed by atoms with Gasteiger partial charge in [-0.15, -0.1) is 0 Å². The number of hydrogen-bond acceptors (Lipinski definition) is 5. The highest BCUT2D eigenvalue weighted by atomic mass is 16.3. The average Bonchev–Trinajstić information content (AvgIpc) is 3.28. The molecule has 0 saturated heterocycles. The van der Waals surface area contributed by atoms with Crippen LogP contribution in [0.25, 0.3) is 11.0 Å². The summed E-state index contributed by atoms with van der Waals surface area (Å²) >= 11 is 0. The molecule has 154 valence electrons. The molecule has 3 aromatic rings. The number of furan rings is 1. The smallest absolute Gasteiger partial charge is 0.290 e. The second kappa shape index (κ2) is 8.12. The predicted octanol–water partition coefficient (Wildman–Crippen LogP) is 1.94. The van der Waals surface area contributed by atoms with Crippen LogP contribution in [0.2, 0.25) is 0 Å². The first-order chi connectivity index (χ1) is 14.5. The van der Waals surface area contributed by atoms with Crippen molar-refractivity contribution in [1.29, 1.82) is 0 Å². The lowest BCUT2D eigenvalue weighted by molar-refractivity contribution is -0.858. The lowest BCUT2D eigenvalue weighted by Crippen LogP contribution is -3.05. The Kier molecular flexibility index (Phi) is 5.37. The van der Waals surface area contributed by atoms with Crippen molar-refractivity contribution < 1.29 is 24.0 Å². The number of carbonyl (C=O) groups excluding carboxylic acids is 2. The van der Waals surface area contributed by atoms with Crippen molar-refractivity contribution in [2.75, 3.05) is 27.2 Å². The molecule has 0 spiro atoms. The molecule has 0 aliphatic carbocycles. The number of Topliss-reactive ketones (excluding diaryl/α,β-unsaturated/α-hetero) is 1. The Morgan fingerprint density at radius 2 is 1.97 bits per heavy atom. The first-order valence-electron chi connectivity index (χ1n) is 9.94. The maximum atomic E-state index is 13.4. The summed E-state index contributed by atoms with van der Waals surface area (Å²) < 4.78 is 5.71. The van der Waals surface area contributed by atoms with Crippen molar-refractivity contribution in [1.82, 2.24) is 9.88 Å². The minimum Gasteiger partial charge on any atom is -0.503 e. The highest BCUT2D eigenvalue weighted by Gasteiger charge is 2.45. The first-order valence-corrected chi connectivity index (χ1v) is 9.94. The van der Waals surface area contributed by atoms with Crippen molar-refractivity contribution >= 4 is 22.7 Å². The number of carbonyl (C=O) groups is 2. The molecule has 1 aromatic carbocycles. The van der Waals surface area contributed by atoms with Crippen LogP contribution in [0.4, 0.5) is 0 Å². The minimum atomic E-state index is -0.753. The zero-order valence-electron chi connectivity index (χ0n) is 17.0. The number of aromatic nitrogens is 1. The number of para-hydroxylation sites is 1. The molecule has 1 atom stereocenters. The fourth-order valence-corrected chi connectivity index (χ4v) is 3.79. The van der Waals surface area contributed by atoms with E-state index in [9.17, 15) is 14.7 Å². The summed E-state index contributed by atoms with van der Waals surface area (Å²) in [5, 5.41) is 11.5. The van der Waals surface area contributed by atoms with E-state index in [-0.39, 0.29) is 11.3 Å². The number of aliphatic hydroxyl groups is 1. The number of benzene rings is 1. The molecule has 1 aliphatic heterocycles. The third kappa shape index (κ3) is 3.59. The summed E-state index contributed by atoms with van der Waals surface area (Å²) in [7, 11) is 4.07. The molecule has 3 heterocycles. The number of ketones is 1.